The Morgan fingerprint density at radius 1 is 0.333 bits per heavy atom. The maximum absolute atomic E-state index is 3.68. The minimum absolute atomic E-state index is 1.05. The number of para-hydroxylation sites is 2. The molecule has 0 aliphatic carbocycles. The fraction of sp³-hybridized carbons (Fsp3) is 0. The van der Waals surface area contributed by atoms with Gasteiger partial charge >= 0.3 is 0 Å². The lowest BCUT2D eigenvalue weighted by molar-refractivity contribution is 1.29. The Balaban J connectivity index is 0.000000455. The molecule has 2 heteroatoms. The third-order valence-electron chi connectivity index (χ3n) is 12.0. The molecule has 0 atom stereocenters. The van der Waals surface area contributed by atoms with E-state index in [0.29, 0.717) is 0 Å². The van der Waals surface area contributed by atoms with Crippen LogP contribution in [0.3, 0.4) is 0 Å². The Hall–Kier alpha value is -8.72. The molecule has 0 spiro atoms. The molecular formula is C64H48N2. The molecule has 0 fully saturated rings. The number of anilines is 5. The van der Waals surface area contributed by atoms with E-state index in [1.807, 2.05) is 36.4 Å². The Morgan fingerprint density at radius 2 is 0.818 bits per heavy atom. The number of fused-ring (bicyclic) bond motifs is 3. The maximum atomic E-state index is 3.68. The van der Waals surface area contributed by atoms with Gasteiger partial charge in [-0.05, 0) is 132 Å². The zero-order valence-corrected chi connectivity index (χ0v) is 36.6. The number of hydrogen-bond acceptors (Lipinski definition) is 2. The Labute approximate surface area is 387 Å². The van der Waals surface area contributed by atoms with Gasteiger partial charge < -0.3 is 10.2 Å². The fourth-order valence-corrected chi connectivity index (χ4v) is 8.89. The van der Waals surface area contributed by atoms with E-state index < -0.39 is 0 Å². The summed E-state index contributed by atoms with van der Waals surface area (Å²) in [5, 5.41) is 10.9. The first-order chi connectivity index (χ1) is 32.7. The summed E-state index contributed by atoms with van der Waals surface area (Å²) < 4.78 is 0. The standard InChI is InChI=1S/C54H38N2.C10H10/c1-5-15-38(16-6-1)40-25-27-42(28-26-40)54-50-34-32-48(56(46-23-11-4-12-24-46)47-31-29-39-17-13-14-20-43(39)35-47)37-52(50)53(41-18-7-2-8-19-41)49-33-30-45(36-51(49)54)55-44-21-9-3-10-22-44;1-2-3-7-10-8-5-4-6-9-10/h1-37,55H;2-9H,1H2/b;7-3-. The van der Waals surface area contributed by atoms with Crippen molar-refractivity contribution in [1.82, 2.24) is 0 Å². The summed E-state index contributed by atoms with van der Waals surface area (Å²) in [5.74, 6) is 0. The average molecular weight is 845 g/mol. The van der Waals surface area contributed by atoms with E-state index in [4.69, 9.17) is 0 Å². The number of hydrogen-bond donors (Lipinski definition) is 1. The molecule has 11 rings (SSSR count). The molecular weight excluding hydrogens is 797 g/mol. The highest BCUT2D eigenvalue weighted by atomic mass is 15.1. The van der Waals surface area contributed by atoms with Crippen molar-refractivity contribution in [3.63, 3.8) is 0 Å². The summed E-state index contributed by atoms with van der Waals surface area (Å²) in [5.41, 5.74) is 13.9. The summed E-state index contributed by atoms with van der Waals surface area (Å²) in [7, 11) is 0. The Kier molecular flexibility index (Phi) is 12.1. The van der Waals surface area contributed by atoms with E-state index in [9.17, 15) is 0 Å². The van der Waals surface area contributed by atoms with Crippen LogP contribution in [0.5, 0.6) is 0 Å². The molecule has 0 saturated carbocycles. The van der Waals surface area contributed by atoms with Gasteiger partial charge in [-0.15, -0.1) is 0 Å². The van der Waals surface area contributed by atoms with Crippen molar-refractivity contribution in [2.24, 2.45) is 0 Å². The molecule has 66 heavy (non-hydrogen) atoms. The highest BCUT2D eigenvalue weighted by molar-refractivity contribution is 6.22. The van der Waals surface area contributed by atoms with Crippen LogP contribution in [0, 0.1) is 0 Å². The molecule has 1 N–H and O–H groups in total. The lowest BCUT2D eigenvalue weighted by Crippen LogP contribution is -2.10. The van der Waals surface area contributed by atoms with Gasteiger partial charge in [0.05, 0.1) is 0 Å². The van der Waals surface area contributed by atoms with Gasteiger partial charge in [0.25, 0.3) is 0 Å². The third kappa shape index (κ3) is 8.90. The van der Waals surface area contributed by atoms with Gasteiger partial charge in [-0.3, -0.25) is 0 Å². The van der Waals surface area contributed by atoms with Crippen molar-refractivity contribution in [2.45, 2.75) is 0 Å². The Bertz CT molecular complexity index is 3420. The van der Waals surface area contributed by atoms with E-state index in [-0.39, 0.29) is 0 Å². The summed E-state index contributed by atoms with van der Waals surface area (Å²) >= 11 is 0. The minimum atomic E-state index is 1.05. The number of allylic oxidation sites excluding steroid dienone is 2. The lowest BCUT2D eigenvalue weighted by atomic mass is 9.85. The van der Waals surface area contributed by atoms with Gasteiger partial charge in [-0.25, -0.2) is 0 Å². The molecule has 0 aliphatic heterocycles. The molecule has 2 nitrogen and oxygen atoms in total. The molecule has 0 aromatic heterocycles. The smallest absolute Gasteiger partial charge is 0.0468 e. The zero-order valence-electron chi connectivity index (χ0n) is 36.6. The topological polar surface area (TPSA) is 15.3 Å². The second-order valence-corrected chi connectivity index (χ2v) is 16.2. The first-order valence-corrected chi connectivity index (χ1v) is 22.5. The van der Waals surface area contributed by atoms with Gasteiger partial charge in [-0.1, -0.05) is 219 Å². The van der Waals surface area contributed by atoms with E-state index in [0.717, 1.165) is 28.4 Å². The highest BCUT2D eigenvalue weighted by Crippen LogP contribution is 2.47. The average Bonchev–Trinajstić information content (AvgIpc) is 3.39. The van der Waals surface area contributed by atoms with Crippen molar-refractivity contribution in [3.05, 3.63) is 279 Å². The summed E-state index contributed by atoms with van der Waals surface area (Å²) in [6.45, 7) is 3.59. The van der Waals surface area contributed by atoms with Crippen LogP contribution in [0.4, 0.5) is 28.4 Å². The second-order valence-electron chi connectivity index (χ2n) is 16.2. The number of benzene rings is 11. The van der Waals surface area contributed by atoms with Crippen molar-refractivity contribution >= 4 is 66.8 Å². The van der Waals surface area contributed by atoms with E-state index in [1.165, 1.54) is 71.3 Å². The fourth-order valence-electron chi connectivity index (χ4n) is 8.89. The lowest BCUT2D eigenvalue weighted by Gasteiger charge is -2.27. The zero-order chi connectivity index (χ0) is 44.5. The highest BCUT2D eigenvalue weighted by Gasteiger charge is 2.21. The number of nitrogens with zero attached hydrogens (tertiary/aromatic N) is 1. The van der Waals surface area contributed by atoms with Gasteiger partial charge in [0.2, 0.25) is 0 Å². The van der Waals surface area contributed by atoms with Crippen LogP contribution < -0.4 is 10.2 Å². The molecule has 0 aliphatic rings. The van der Waals surface area contributed by atoms with Crippen LogP contribution in [0.15, 0.2) is 274 Å². The number of rotatable bonds is 10. The van der Waals surface area contributed by atoms with E-state index in [1.54, 1.807) is 6.08 Å². The minimum Gasteiger partial charge on any atom is -0.356 e. The third-order valence-corrected chi connectivity index (χ3v) is 12.0. The molecule has 0 bridgehead atoms. The largest absolute Gasteiger partial charge is 0.356 e. The van der Waals surface area contributed by atoms with Gasteiger partial charge in [0.15, 0.2) is 0 Å². The van der Waals surface area contributed by atoms with Gasteiger partial charge in [0.1, 0.15) is 0 Å². The molecule has 11 aromatic rings. The summed E-state index contributed by atoms with van der Waals surface area (Å²) in [4.78, 5) is 2.38. The van der Waals surface area contributed by atoms with Crippen molar-refractivity contribution < 1.29 is 0 Å². The molecule has 0 radical (unpaired) electrons. The first kappa shape index (κ1) is 41.3. The predicted molar refractivity (Wildman–Crippen MR) is 285 cm³/mol. The molecule has 0 amide bonds. The SMILES string of the molecule is C=C/C=C\c1ccccc1.c1ccc(Nc2ccc3c(-c4ccccc4)c4cc(N(c5ccccc5)c5ccc6ccccc6c5)ccc4c(-c4ccc(-c5ccccc5)cc4)c3c2)cc1. The van der Waals surface area contributed by atoms with Crippen LogP contribution in [0.2, 0.25) is 0 Å². The number of nitrogens with one attached hydrogen (secondary N) is 1. The first-order valence-electron chi connectivity index (χ1n) is 22.5. The van der Waals surface area contributed by atoms with E-state index in [2.05, 4.69) is 247 Å². The maximum Gasteiger partial charge on any atom is 0.0468 e. The molecule has 0 heterocycles. The normalized spacial score (nSPS) is 11.0. The summed E-state index contributed by atoms with van der Waals surface area (Å²) in [6.07, 6.45) is 5.72. The quantitative estimate of drug-likeness (QED) is 0.109. The van der Waals surface area contributed by atoms with E-state index >= 15 is 0 Å². The van der Waals surface area contributed by atoms with Gasteiger partial charge in [-0.2, -0.15) is 0 Å². The van der Waals surface area contributed by atoms with Crippen molar-refractivity contribution in [2.75, 3.05) is 10.2 Å². The van der Waals surface area contributed by atoms with Crippen molar-refractivity contribution in [1.29, 1.82) is 0 Å². The molecule has 11 aromatic carbocycles. The second kappa shape index (κ2) is 19.3. The molecule has 314 valence electrons. The van der Waals surface area contributed by atoms with Crippen molar-refractivity contribution in [3.8, 4) is 33.4 Å². The van der Waals surface area contributed by atoms with Crippen LogP contribution in [0.25, 0.3) is 71.8 Å². The molecule has 0 unspecified atom stereocenters. The van der Waals surface area contributed by atoms with Crippen LogP contribution in [0.1, 0.15) is 5.56 Å². The van der Waals surface area contributed by atoms with Crippen LogP contribution in [-0.2, 0) is 0 Å². The summed E-state index contributed by atoms with van der Waals surface area (Å²) in [6, 6.07) is 91.0. The van der Waals surface area contributed by atoms with Crippen LogP contribution in [-0.4, -0.2) is 0 Å². The Morgan fingerprint density at radius 3 is 1.48 bits per heavy atom. The van der Waals surface area contributed by atoms with Crippen LogP contribution >= 0.6 is 0 Å². The molecule has 0 saturated heterocycles. The predicted octanol–water partition coefficient (Wildman–Crippen LogP) is 18.2. The van der Waals surface area contributed by atoms with Gasteiger partial charge in [0, 0.05) is 28.4 Å². The monoisotopic (exact) mass is 844 g/mol.